The Kier molecular flexibility index (Phi) is 3.84. The molecule has 1 heterocycles. The fourth-order valence-electron chi connectivity index (χ4n) is 0.798. The van der Waals surface area contributed by atoms with Crippen LogP contribution in [0.1, 0.15) is 13.3 Å². The van der Waals surface area contributed by atoms with Crippen LogP contribution in [-0.4, -0.2) is 32.7 Å². The van der Waals surface area contributed by atoms with Gasteiger partial charge in [0, 0.05) is 6.54 Å². The van der Waals surface area contributed by atoms with Gasteiger partial charge in [0.05, 0.1) is 6.10 Å². The van der Waals surface area contributed by atoms with Crippen LogP contribution in [0.25, 0.3) is 0 Å². The van der Waals surface area contributed by atoms with Gasteiger partial charge in [-0.2, -0.15) is 15.0 Å². The maximum absolute atomic E-state index is 9.26. The summed E-state index contributed by atoms with van der Waals surface area (Å²) in [6.45, 7) is 2.23. The first-order chi connectivity index (χ1) is 6.61. The molecule has 6 nitrogen and oxygen atoms in total. The van der Waals surface area contributed by atoms with Crippen LogP contribution in [0.4, 0.5) is 11.9 Å². The minimum absolute atomic E-state index is 0.0333. The summed E-state index contributed by atoms with van der Waals surface area (Å²) in [5, 5.41) is 12.1. The van der Waals surface area contributed by atoms with Crippen molar-refractivity contribution in [2.24, 2.45) is 0 Å². The molecular formula is C7H12ClN5O. The van der Waals surface area contributed by atoms with Crippen LogP contribution >= 0.6 is 11.6 Å². The molecule has 0 fully saturated rings. The van der Waals surface area contributed by atoms with E-state index in [1.807, 2.05) is 6.92 Å². The molecule has 78 valence electrons. The van der Waals surface area contributed by atoms with E-state index in [1.54, 1.807) is 0 Å². The first kappa shape index (κ1) is 10.9. The number of anilines is 2. The van der Waals surface area contributed by atoms with Crippen LogP contribution in [0.3, 0.4) is 0 Å². The highest BCUT2D eigenvalue weighted by molar-refractivity contribution is 6.28. The second-order valence-corrected chi connectivity index (χ2v) is 3.07. The molecular weight excluding hydrogens is 206 g/mol. The highest BCUT2D eigenvalue weighted by Gasteiger charge is 2.04. The van der Waals surface area contributed by atoms with Crippen molar-refractivity contribution in [3.8, 4) is 0 Å². The molecule has 14 heavy (non-hydrogen) atoms. The average molecular weight is 218 g/mol. The Bertz CT molecular complexity index is 288. The van der Waals surface area contributed by atoms with Gasteiger partial charge < -0.3 is 16.2 Å². The lowest BCUT2D eigenvalue weighted by Crippen LogP contribution is -2.19. The van der Waals surface area contributed by atoms with Crippen molar-refractivity contribution in [2.45, 2.75) is 19.4 Å². The molecule has 0 amide bonds. The van der Waals surface area contributed by atoms with Gasteiger partial charge in [0.25, 0.3) is 0 Å². The first-order valence-electron chi connectivity index (χ1n) is 4.20. The standard InChI is InChI=1S/C7H12ClN5O/c1-2-4(14)3-10-7-12-5(8)11-6(9)13-7/h4,14H,2-3H2,1H3,(H3,9,10,11,12,13). The van der Waals surface area contributed by atoms with Gasteiger partial charge in [-0.15, -0.1) is 0 Å². The summed E-state index contributed by atoms with van der Waals surface area (Å²) in [4.78, 5) is 11.2. The Morgan fingerprint density at radius 2 is 2.21 bits per heavy atom. The van der Waals surface area contributed by atoms with Gasteiger partial charge in [0.15, 0.2) is 0 Å². The summed E-state index contributed by atoms with van der Waals surface area (Å²) in [6, 6.07) is 0. The topological polar surface area (TPSA) is 97.0 Å². The minimum atomic E-state index is -0.438. The van der Waals surface area contributed by atoms with Crippen molar-refractivity contribution in [3.05, 3.63) is 5.28 Å². The molecule has 0 bridgehead atoms. The van der Waals surface area contributed by atoms with E-state index in [0.29, 0.717) is 13.0 Å². The van der Waals surface area contributed by atoms with Gasteiger partial charge in [-0.05, 0) is 18.0 Å². The highest BCUT2D eigenvalue weighted by Crippen LogP contribution is 2.06. The highest BCUT2D eigenvalue weighted by atomic mass is 35.5. The molecule has 0 radical (unpaired) electrons. The molecule has 1 aromatic heterocycles. The lowest BCUT2D eigenvalue weighted by Gasteiger charge is -2.08. The Hall–Kier alpha value is -1.14. The predicted octanol–water partition coefficient (Wildman–Crippen LogP) is 0.290. The number of halogens is 1. The molecule has 1 unspecified atom stereocenters. The normalized spacial score (nSPS) is 12.5. The number of nitrogens with one attached hydrogen (secondary N) is 1. The van der Waals surface area contributed by atoms with E-state index in [4.69, 9.17) is 17.3 Å². The van der Waals surface area contributed by atoms with Gasteiger partial charge >= 0.3 is 0 Å². The van der Waals surface area contributed by atoms with Gasteiger partial charge in [-0.25, -0.2) is 0 Å². The number of nitrogens with zero attached hydrogens (tertiary/aromatic N) is 3. The number of nitrogen functional groups attached to an aromatic ring is 1. The van der Waals surface area contributed by atoms with Gasteiger partial charge in [0.1, 0.15) is 0 Å². The maximum Gasteiger partial charge on any atom is 0.228 e. The molecule has 0 spiro atoms. The summed E-state index contributed by atoms with van der Waals surface area (Å²) in [6.07, 6.45) is 0.216. The number of rotatable bonds is 4. The van der Waals surface area contributed by atoms with Crippen molar-refractivity contribution in [1.29, 1.82) is 0 Å². The predicted molar refractivity (Wildman–Crippen MR) is 54.0 cm³/mol. The molecule has 0 saturated heterocycles. The second kappa shape index (κ2) is 4.92. The summed E-state index contributed by atoms with van der Waals surface area (Å²) < 4.78 is 0. The molecule has 1 atom stereocenters. The Labute approximate surface area is 86.5 Å². The van der Waals surface area contributed by atoms with Crippen molar-refractivity contribution in [1.82, 2.24) is 15.0 Å². The lowest BCUT2D eigenvalue weighted by molar-refractivity contribution is 0.183. The fourth-order valence-corrected chi connectivity index (χ4v) is 0.965. The third kappa shape index (κ3) is 3.31. The number of hydrogen-bond acceptors (Lipinski definition) is 6. The molecule has 0 aliphatic rings. The fraction of sp³-hybridized carbons (Fsp3) is 0.571. The van der Waals surface area contributed by atoms with E-state index in [2.05, 4.69) is 20.3 Å². The summed E-state index contributed by atoms with van der Waals surface area (Å²) in [5.41, 5.74) is 5.35. The zero-order valence-corrected chi connectivity index (χ0v) is 8.49. The zero-order valence-electron chi connectivity index (χ0n) is 7.74. The van der Waals surface area contributed by atoms with Crippen LogP contribution in [0.15, 0.2) is 0 Å². The molecule has 0 aliphatic carbocycles. The van der Waals surface area contributed by atoms with Crippen LogP contribution in [0.2, 0.25) is 5.28 Å². The number of nitrogens with two attached hydrogens (primary N) is 1. The molecule has 1 rings (SSSR count). The third-order valence-corrected chi connectivity index (χ3v) is 1.76. The molecule has 0 aromatic carbocycles. The van der Waals surface area contributed by atoms with Crippen LogP contribution in [0.5, 0.6) is 0 Å². The number of aliphatic hydroxyl groups excluding tert-OH is 1. The smallest absolute Gasteiger partial charge is 0.228 e. The molecule has 4 N–H and O–H groups in total. The van der Waals surface area contributed by atoms with E-state index in [1.165, 1.54) is 0 Å². The Morgan fingerprint density at radius 3 is 2.79 bits per heavy atom. The third-order valence-electron chi connectivity index (χ3n) is 1.59. The van der Waals surface area contributed by atoms with Crippen molar-refractivity contribution < 1.29 is 5.11 Å². The first-order valence-corrected chi connectivity index (χ1v) is 4.58. The van der Waals surface area contributed by atoms with Crippen LogP contribution < -0.4 is 11.1 Å². The number of aliphatic hydroxyl groups is 1. The second-order valence-electron chi connectivity index (χ2n) is 2.73. The summed E-state index contributed by atoms with van der Waals surface area (Å²) >= 11 is 5.55. The van der Waals surface area contributed by atoms with Gasteiger partial charge in [-0.1, -0.05) is 6.92 Å². The average Bonchev–Trinajstić information content (AvgIpc) is 2.12. The number of hydrogen-bond donors (Lipinski definition) is 3. The van der Waals surface area contributed by atoms with E-state index in [9.17, 15) is 5.11 Å². The zero-order chi connectivity index (χ0) is 10.6. The minimum Gasteiger partial charge on any atom is -0.391 e. The molecule has 1 aromatic rings. The largest absolute Gasteiger partial charge is 0.391 e. The van der Waals surface area contributed by atoms with E-state index >= 15 is 0 Å². The Balaban J connectivity index is 2.58. The monoisotopic (exact) mass is 217 g/mol. The molecule has 7 heteroatoms. The van der Waals surface area contributed by atoms with Crippen molar-refractivity contribution >= 4 is 23.5 Å². The molecule has 0 saturated carbocycles. The lowest BCUT2D eigenvalue weighted by atomic mass is 10.3. The van der Waals surface area contributed by atoms with E-state index in [-0.39, 0.29) is 17.2 Å². The summed E-state index contributed by atoms with van der Waals surface area (Å²) in [5.74, 6) is 0.327. The van der Waals surface area contributed by atoms with Crippen LogP contribution in [0, 0.1) is 0 Å². The Morgan fingerprint density at radius 1 is 1.50 bits per heavy atom. The van der Waals surface area contributed by atoms with Gasteiger partial charge in [0.2, 0.25) is 17.2 Å². The van der Waals surface area contributed by atoms with Crippen molar-refractivity contribution in [2.75, 3.05) is 17.6 Å². The summed E-state index contributed by atoms with van der Waals surface area (Å²) in [7, 11) is 0. The SMILES string of the molecule is CCC(O)CNc1nc(N)nc(Cl)n1. The molecule has 0 aliphatic heterocycles. The van der Waals surface area contributed by atoms with Crippen molar-refractivity contribution in [3.63, 3.8) is 0 Å². The van der Waals surface area contributed by atoms with E-state index < -0.39 is 6.10 Å². The maximum atomic E-state index is 9.26. The van der Waals surface area contributed by atoms with Gasteiger partial charge in [-0.3, -0.25) is 0 Å². The van der Waals surface area contributed by atoms with E-state index in [0.717, 1.165) is 0 Å². The number of aromatic nitrogens is 3. The van der Waals surface area contributed by atoms with Crippen LogP contribution in [-0.2, 0) is 0 Å². The quantitative estimate of drug-likeness (QED) is 0.671.